The fourth-order valence-corrected chi connectivity index (χ4v) is 2.52. The number of rotatable bonds is 6. The Morgan fingerprint density at radius 2 is 1.79 bits per heavy atom. The molecule has 1 amide bonds. The molecule has 0 aliphatic carbocycles. The molecule has 2 unspecified atom stereocenters. The number of hydrogen-bond acceptors (Lipinski definition) is 3. The minimum atomic E-state index is -0.978. The van der Waals surface area contributed by atoms with Gasteiger partial charge in [-0.2, -0.15) is 0 Å². The average molecular weight is 328 g/mol. The van der Waals surface area contributed by atoms with Gasteiger partial charge in [0.15, 0.2) is 0 Å². The number of carboxylic acids is 1. The van der Waals surface area contributed by atoms with Crippen molar-refractivity contribution in [1.29, 1.82) is 0 Å². The Morgan fingerprint density at radius 3 is 2.42 bits per heavy atom. The van der Waals surface area contributed by atoms with Crippen molar-refractivity contribution in [3.63, 3.8) is 0 Å². The van der Waals surface area contributed by atoms with Crippen molar-refractivity contribution in [2.75, 3.05) is 0 Å². The molecular weight excluding hydrogens is 308 g/mol. The Labute approximate surface area is 139 Å². The van der Waals surface area contributed by atoms with E-state index in [1.54, 1.807) is 6.92 Å². The van der Waals surface area contributed by atoms with Crippen molar-refractivity contribution >= 4 is 11.9 Å². The SMILES string of the molecule is CC(NC(=O)c1cccc(=O)n1C)C(Cc1ccccc1)C(=O)O. The number of hydrogen-bond donors (Lipinski definition) is 2. The molecule has 1 aromatic heterocycles. The lowest BCUT2D eigenvalue weighted by Gasteiger charge is -2.22. The molecule has 0 bridgehead atoms. The van der Waals surface area contributed by atoms with E-state index in [0.717, 1.165) is 5.56 Å². The normalized spacial score (nSPS) is 13.1. The third kappa shape index (κ3) is 4.10. The third-order valence-corrected chi connectivity index (χ3v) is 4.00. The fraction of sp³-hybridized carbons (Fsp3) is 0.278. The molecule has 0 aliphatic rings. The molecule has 126 valence electrons. The van der Waals surface area contributed by atoms with Crippen molar-refractivity contribution in [3.8, 4) is 0 Å². The van der Waals surface area contributed by atoms with Gasteiger partial charge in [-0.25, -0.2) is 0 Å². The van der Waals surface area contributed by atoms with E-state index < -0.39 is 23.8 Å². The summed E-state index contributed by atoms with van der Waals surface area (Å²) in [6.45, 7) is 1.65. The highest BCUT2D eigenvalue weighted by atomic mass is 16.4. The molecule has 2 rings (SSSR count). The topological polar surface area (TPSA) is 88.4 Å². The summed E-state index contributed by atoms with van der Waals surface area (Å²) in [6.07, 6.45) is 0.311. The predicted octanol–water partition coefficient (Wildman–Crippen LogP) is 1.45. The number of aliphatic carboxylic acids is 1. The van der Waals surface area contributed by atoms with E-state index in [4.69, 9.17) is 0 Å². The lowest BCUT2D eigenvalue weighted by Crippen LogP contribution is -2.43. The van der Waals surface area contributed by atoms with Crippen LogP contribution in [-0.2, 0) is 18.3 Å². The van der Waals surface area contributed by atoms with E-state index in [0.29, 0.717) is 6.42 Å². The Hall–Kier alpha value is -2.89. The number of nitrogens with one attached hydrogen (secondary N) is 1. The molecule has 0 aliphatic heterocycles. The summed E-state index contributed by atoms with van der Waals surface area (Å²) < 4.78 is 1.23. The van der Waals surface area contributed by atoms with E-state index in [2.05, 4.69) is 5.32 Å². The highest BCUT2D eigenvalue weighted by Gasteiger charge is 2.27. The summed E-state index contributed by atoms with van der Waals surface area (Å²) in [6, 6.07) is 13.0. The molecule has 2 aromatic rings. The van der Waals surface area contributed by atoms with Crippen molar-refractivity contribution in [1.82, 2.24) is 9.88 Å². The van der Waals surface area contributed by atoms with Crippen LogP contribution >= 0.6 is 0 Å². The molecule has 6 nitrogen and oxygen atoms in total. The van der Waals surface area contributed by atoms with E-state index in [1.807, 2.05) is 30.3 Å². The maximum atomic E-state index is 12.3. The molecule has 6 heteroatoms. The van der Waals surface area contributed by atoms with Crippen LogP contribution in [0.5, 0.6) is 0 Å². The van der Waals surface area contributed by atoms with Crippen LogP contribution in [0.15, 0.2) is 53.3 Å². The Bertz CT molecular complexity index is 783. The molecule has 1 aromatic carbocycles. The van der Waals surface area contributed by atoms with Gasteiger partial charge in [0.05, 0.1) is 5.92 Å². The minimum Gasteiger partial charge on any atom is -0.481 e. The number of pyridine rings is 1. The number of benzene rings is 1. The quantitative estimate of drug-likeness (QED) is 0.840. The molecule has 2 atom stereocenters. The van der Waals surface area contributed by atoms with Gasteiger partial charge in [0.1, 0.15) is 5.69 Å². The van der Waals surface area contributed by atoms with Crippen LogP contribution < -0.4 is 10.9 Å². The van der Waals surface area contributed by atoms with Gasteiger partial charge in [-0.15, -0.1) is 0 Å². The van der Waals surface area contributed by atoms with Gasteiger partial charge in [0, 0.05) is 19.2 Å². The molecule has 1 heterocycles. The van der Waals surface area contributed by atoms with E-state index in [9.17, 15) is 19.5 Å². The summed E-state index contributed by atoms with van der Waals surface area (Å²) in [5.41, 5.74) is 0.783. The van der Waals surface area contributed by atoms with Crippen molar-refractivity contribution in [2.45, 2.75) is 19.4 Å². The Kier molecular flexibility index (Phi) is 5.52. The van der Waals surface area contributed by atoms with Gasteiger partial charge in [-0.3, -0.25) is 14.4 Å². The van der Waals surface area contributed by atoms with Gasteiger partial charge < -0.3 is 15.0 Å². The number of amides is 1. The summed E-state index contributed by atoms with van der Waals surface area (Å²) in [7, 11) is 1.50. The highest BCUT2D eigenvalue weighted by Crippen LogP contribution is 2.13. The lowest BCUT2D eigenvalue weighted by molar-refractivity contribution is -0.142. The van der Waals surface area contributed by atoms with Gasteiger partial charge in [-0.1, -0.05) is 36.4 Å². The van der Waals surface area contributed by atoms with Crippen LogP contribution in [0, 0.1) is 5.92 Å². The monoisotopic (exact) mass is 328 g/mol. The maximum Gasteiger partial charge on any atom is 0.308 e. The standard InChI is InChI=1S/C18H20N2O4/c1-12(14(18(23)24)11-13-7-4-3-5-8-13)19-17(22)15-9-6-10-16(21)20(15)2/h3-10,12,14H,11H2,1-2H3,(H,19,22)(H,23,24). The van der Waals surface area contributed by atoms with Crippen LogP contribution in [0.25, 0.3) is 0 Å². The summed E-state index contributed by atoms with van der Waals surface area (Å²) in [5, 5.41) is 12.2. The van der Waals surface area contributed by atoms with Crippen molar-refractivity contribution < 1.29 is 14.7 Å². The first kappa shape index (κ1) is 17.5. The molecule has 24 heavy (non-hydrogen) atoms. The first-order valence-corrected chi connectivity index (χ1v) is 7.63. The third-order valence-electron chi connectivity index (χ3n) is 4.00. The minimum absolute atomic E-state index is 0.193. The van der Waals surface area contributed by atoms with Crippen LogP contribution in [0.1, 0.15) is 23.0 Å². The average Bonchev–Trinajstić information content (AvgIpc) is 2.55. The van der Waals surface area contributed by atoms with Crippen molar-refractivity contribution in [3.05, 3.63) is 70.1 Å². The largest absolute Gasteiger partial charge is 0.481 e. The number of carbonyl (C=O) groups is 2. The smallest absolute Gasteiger partial charge is 0.308 e. The zero-order valence-electron chi connectivity index (χ0n) is 13.6. The lowest BCUT2D eigenvalue weighted by atomic mass is 9.93. The first-order valence-electron chi connectivity index (χ1n) is 7.63. The fourth-order valence-electron chi connectivity index (χ4n) is 2.52. The van der Waals surface area contributed by atoms with E-state index >= 15 is 0 Å². The molecule has 0 spiro atoms. The van der Waals surface area contributed by atoms with Gasteiger partial charge in [0.25, 0.3) is 11.5 Å². The molecule has 2 N–H and O–H groups in total. The summed E-state index contributed by atoms with van der Waals surface area (Å²) in [5.74, 6) is -2.22. The molecule has 0 radical (unpaired) electrons. The second-order valence-electron chi connectivity index (χ2n) is 5.70. The molecule has 0 fully saturated rings. The Morgan fingerprint density at radius 1 is 1.12 bits per heavy atom. The molecule has 0 saturated heterocycles. The van der Waals surface area contributed by atoms with Crippen LogP contribution in [-0.4, -0.2) is 27.6 Å². The molecular formula is C18H20N2O4. The van der Waals surface area contributed by atoms with Crippen LogP contribution in [0.3, 0.4) is 0 Å². The second kappa shape index (κ2) is 7.59. The van der Waals surface area contributed by atoms with Crippen LogP contribution in [0.4, 0.5) is 0 Å². The zero-order chi connectivity index (χ0) is 17.7. The summed E-state index contributed by atoms with van der Waals surface area (Å²) in [4.78, 5) is 35.5. The zero-order valence-corrected chi connectivity index (χ0v) is 13.6. The summed E-state index contributed by atoms with van der Waals surface area (Å²) >= 11 is 0. The number of carboxylic acid groups (broad SMARTS) is 1. The second-order valence-corrected chi connectivity index (χ2v) is 5.70. The highest BCUT2D eigenvalue weighted by molar-refractivity contribution is 5.93. The number of carbonyl (C=O) groups excluding carboxylic acids is 1. The van der Waals surface area contributed by atoms with E-state index in [-0.39, 0.29) is 11.3 Å². The molecule has 0 saturated carbocycles. The number of aromatic nitrogens is 1. The van der Waals surface area contributed by atoms with Crippen LogP contribution in [0.2, 0.25) is 0 Å². The predicted molar refractivity (Wildman–Crippen MR) is 89.9 cm³/mol. The first-order chi connectivity index (χ1) is 11.4. The van der Waals surface area contributed by atoms with Gasteiger partial charge >= 0.3 is 5.97 Å². The van der Waals surface area contributed by atoms with E-state index in [1.165, 1.54) is 29.8 Å². The van der Waals surface area contributed by atoms with Gasteiger partial charge in [-0.05, 0) is 25.0 Å². The Balaban J connectivity index is 2.14. The maximum absolute atomic E-state index is 12.3. The number of nitrogens with zero attached hydrogens (tertiary/aromatic N) is 1. The van der Waals surface area contributed by atoms with Gasteiger partial charge in [0.2, 0.25) is 0 Å². The van der Waals surface area contributed by atoms with Crippen molar-refractivity contribution in [2.24, 2.45) is 13.0 Å².